The number of ether oxygens (including phenoxy) is 1. The molecule has 0 radical (unpaired) electrons. The minimum Gasteiger partial charge on any atom is -0.506 e. The van der Waals surface area contributed by atoms with Crippen LogP contribution in [0.15, 0.2) is 35.3 Å². The molecular weight excluding hydrogens is 375 g/mol. The molecule has 26 heavy (non-hydrogen) atoms. The summed E-state index contributed by atoms with van der Waals surface area (Å²) in [6.45, 7) is 1.84. The maximum Gasteiger partial charge on any atom is 0.340 e. The van der Waals surface area contributed by atoms with Crippen LogP contribution in [0.25, 0.3) is 0 Å². The Morgan fingerprint density at radius 3 is 2.65 bits per heavy atom. The van der Waals surface area contributed by atoms with Crippen LogP contribution in [0.1, 0.15) is 28.8 Å². The van der Waals surface area contributed by atoms with Crippen molar-refractivity contribution in [2.45, 2.75) is 12.8 Å². The summed E-state index contributed by atoms with van der Waals surface area (Å²) in [5, 5.41) is 10.6. The maximum atomic E-state index is 12.2. The van der Waals surface area contributed by atoms with Crippen LogP contribution in [-0.2, 0) is 4.74 Å². The molecule has 1 heterocycles. The van der Waals surface area contributed by atoms with Gasteiger partial charge in [-0.05, 0) is 43.2 Å². The van der Waals surface area contributed by atoms with E-state index in [1.54, 1.807) is 12.1 Å². The Morgan fingerprint density at radius 1 is 1.23 bits per heavy atom. The van der Waals surface area contributed by atoms with Gasteiger partial charge in [0.2, 0.25) is 0 Å². The van der Waals surface area contributed by atoms with Crippen molar-refractivity contribution < 1.29 is 14.6 Å². The molecule has 2 aromatic carbocycles. The van der Waals surface area contributed by atoms with Gasteiger partial charge in [-0.3, -0.25) is 4.99 Å². The van der Waals surface area contributed by atoms with Gasteiger partial charge in [0.05, 0.1) is 29.1 Å². The fraction of sp³-hybridized carbons (Fsp3) is 0.263. The van der Waals surface area contributed by atoms with E-state index in [-0.39, 0.29) is 10.8 Å². The molecule has 0 bridgehead atoms. The number of hydrogen-bond acceptors (Lipinski definition) is 5. The van der Waals surface area contributed by atoms with Crippen LogP contribution in [0, 0.1) is 0 Å². The van der Waals surface area contributed by atoms with E-state index < -0.39 is 5.97 Å². The Bertz CT molecular complexity index is 862. The first kappa shape index (κ1) is 18.5. The molecular formula is C19H18Cl2N2O3. The highest BCUT2D eigenvalue weighted by Gasteiger charge is 2.20. The number of aromatic hydroxyl groups is 1. The van der Waals surface area contributed by atoms with E-state index >= 15 is 0 Å². The molecule has 0 saturated carbocycles. The van der Waals surface area contributed by atoms with E-state index in [1.807, 2.05) is 12.1 Å². The molecule has 1 saturated heterocycles. The summed E-state index contributed by atoms with van der Waals surface area (Å²) in [6.07, 6.45) is 3.67. The fourth-order valence-electron chi connectivity index (χ4n) is 2.94. The van der Waals surface area contributed by atoms with Crippen LogP contribution in [-0.4, -0.2) is 37.5 Å². The zero-order valence-electron chi connectivity index (χ0n) is 14.2. The van der Waals surface area contributed by atoms with Crippen LogP contribution < -0.4 is 4.90 Å². The van der Waals surface area contributed by atoms with E-state index in [9.17, 15) is 9.90 Å². The van der Waals surface area contributed by atoms with Gasteiger partial charge in [-0.15, -0.1) is 0 Å². The molecule has 1 aliphatic heterocycles. The first-order valence-corrected chi connectivity index (χ1v) is 8.94. The van der Waals surface area contributed by atoms with Gasteiger partial charge in [0.25, 0.3) is 0 Å². The van der Waals surface area contributed by atoms with Gasteiger partial charge in [-0.2, -0.15) is 0 Å². The second kappa shape index (κ2) is 7.98. The third-order valence-electron chi connectivity index (χ3n) is 4.24. The van der Waals surface area contributed by atoms with E-state index in [0.29, 0.717) is 21.8 Å². The molecule has 0 atom stereocenters. The average Bonchev–Trinajstić information content (AvgIpc) is 3.17. The fourth-order valence-corrected chi connectivity index (χ4v) is 3.45. The van der Waals surface area contributed by atoms with Gasteiger partial charge in [-0.1, -0.05) is 23.2 Å². The van der Waals surface area contributed by atoms with Crippen molar-refractivity contribution in [2.75, 3.05) is 25.1 Å². The monoisotopic (exact) mass is 392 g/mol. The molecule has 2 aromatic rings. The molecule has 1 N–H and O–H groups in total. The van der Waals surface area contributed by atoms with Gasteiger partial charge in [0.1, 0.15) is 5.75 Å². The number of methoxy groups -OCH3 is 1. The smallest absolute Gasteiger partial charge is 0.340 e. The number of esters is 1. The predicted molar refractivity (Wildman–Crippen MR) is 105 cm³/mol. The van der Waals surface area contributed by atoms with Gasteiger partial charge in [0, 0.05) is 29.9 Å². The van der Waals surface area contributed by atoms with E-state index in [1.165, 1.54) is 19.4 Å². The lowest BCUT2D eigenvalue weighted by Gasteiger charge is -2.20. The van der Waals surface area contributed by atoms with E-state index in [4.69, 9.17) is 27.9 Å². The SMILES string of the molecule is COC(=O)c1cc(N=Cc2cc(Cl)cc(Cl)c2O)ccc1N1CCCC1. The average molecular weight is 393 g/mol. The van der Waals surface area contributed by atoms with Gasteiger partial charge in [0.15, 0.2) is 0 Å². The maximum absolute atomic E-state index is 12.2. The summed E-state index contributed by atoms with van der Waals surface area (Å²) in [6, 6.07) is 8.39. The molecule has 3 rings (SSSR count). The Kier molecular flexibility index (Phi) is 5.69. The summed E-state index contributed by atoms with van der Waals surface area (Å²) >= 11 is 11.9. The molecule has 5 nitrogen and oxygen atoms in total. The third-order valence-corrected chi connectivity index (χ3v) is 4.75. The van der Waals surface area contributed by atoms with Crippen molar-refractivity contribution in [3.05, 3.63) is 51.5 Å². The minimum absolute atomic E-state index is 0.0957. The summed E-state index contributed by atoms with van der Waals surface area (Å²) in [7, 11) is 1.36. The van der Waals surface area contributed by atoms with Crippen molar-refractivity contribution in [1.82, 2.24) is 0 Å². The topological polar surface area (TPSA) is 62.1 Å². The molecule has 0 unspecified atom stereocenters. The molecule has 0 aliphatic carbocycles. The predicted octanol–water partition coefficient (Wildman–Crippen LogP) is 4.84. The number of phenols is 1. The van der Waals surface area contributed by atoms with Crippen LogP contribution in [0.5, 0.6) is 5.75 Å². The van der Waals surface area contributed by atoms with Crippen molar-refractivity contribution >= 4 is 46.8 Å². The molecule has 0 spiro atoms. The number of rotatable bonds is 4. The number of carbonyl (C=O) groups is 1. The van der Waals surface area contributed by atoms with Crippen LogP contribution >= 0.6 is 23.2 Å². The molecule has 136 valence electrons. The summed E-state index contributed by atoms with van der Waals surface area (Å²) in [5.41, 5.74) is 2.27. The lowest BCUT2D eigenvalue weighted by atomic mass is 10.1. The second-order valence-corrected chi connectivity index (χ2v) is 6.81. The molecule has 0 aromatic heterocycles. The Balaban J connectivity index is 1.95. The summed E-state index contributed by atoms with van der Waals surface area (Å²) in [4.78, 5) is 18.7. The standard InChI is InChI=1S/C19H18Cl2N2O3/c1-26-19(25)15-10-14(4-5-17(15)23-6-2-3-7-23)22-11-12-8-13(20)9-16(21)18(12)24/h4-5,8-11,24H,2-3,6-7H2,1H3. The van der Waals surface area contributed by atoms with Crippen LogP contribution in [0.4, 0.5) is 11.4 Å². The van der Waals surface area contributed by atoms with Crippen molar-refractivity contribution in [1.29, 1.82) is 0 Å². The normalized spacial score (nSPS) is 14.2. The van der Waals surface area contributed by atoms with E-state index in [0.717, 1.165) is 31.6 Å². The third kappa shape index (κ3) is 3.94. The highest BCUT2D eigenvalue weighted by molar-refractivity contribution is 6.36. The number of nitrogens with zero attached hydrogens (tertiary/aromatic N) is 2. The van der Waals surface area contributed by atoms with Crippen molar-refractivity contribution in [3.63, 3.8) is 0 Å². The summed E-state index contributed by atoms with van der Waals surface area (Å²) in [5.74, 6) is -0.501. The Morgan fingerprint density at radius 2 is 1.96 bits per heavy atom. The highest BCUT2D eigenvalue weighted by atomic mass is 35.5. The molecule has 1 aliphatic rings. The number of carbonyl (C=O) groups excluding carboxylic acids is 1. The lowest BCUT2D eigenvalue weighted by molar-refractivity contribution is 0.0601. The minimum atomic E-state index is -0.405. The number of aliphatic imine (C=N–C) groups is 1. The Hall–Kier alpha value is -2.24. The first-order chi connectivity index (χ1) is 12.5. The highest BCUT2D eigenvalue weighted by Crippen LogP contribution is 2.32. The van der Waals surface area contributed by atoms with Gasteiger partial charge in [-0.25, -0.2) is 4.79 Å². The second-order valence-electron chi connectivity index (χ2n) is 5.97. The van der Waals surface area contributed by atoms with Gasteiger partial charge >= 0.3 is 5.97 Å². The quantitative estimate of drug-likeness (QED) is 0.597. The van der Waals surface area contributed by atoms with E-state index in [2.05, 4.69) is 9.89 Å². The zero-order chi connectivity index (χ0) is 18.7. The molecule has 1 fully saturated rings. The molecule has 0 amide bonds. The number of phenolic OH excluding ortho intramolecular Hbond substituents is 1. The van der Waals surface area contributed by atoms with Crippen LogP contribution in [0.2, 0.25) is 10.0 Å². The lowest BCUT2D eigenvalue weighted by Crippen LogP contribution is -2.20. The number of anilines is 1. The summed E-state index contributed by atoms with van der Waals surface area (Å²) < 4.78 is 4.91. The van der Waals surface area contributed by atoms with Crippen LogP contribution in [0.3, 0.4) is 0 Å². The van der Waals surface area contributed by atoms with Crippen molar-refractivity contribution in [3.8, 4) is 5.75 Å². The first-order valence-electron chi connectivity index (χ1n) is 8.19. The number of benzene rings is 2. The van der Waals surface area contributed by atoms with Gasteiger partial charge < -0.3 is 14.7 Å². The Labute approximate surface area is 161 Å². The molecule has 7 heteroatoms. The number of halogens is 2. The number of hydrogen-bond donors (Lipinski definition) is 1. The largest absolute Gasteiger partial charge is 0.506 e. The zero-order valence-corrected chi connectivity index (χ0v) is 15.7. The van der Waals surface area contributed by atoms with Crippen molar-refractivity contribution in [2.24, 2.45) is 4.99 Å².